The maximum atomic E-state index is 12.1. The van der Waals surface area contributed by atoms with E-state index in [1.165, 1.54) is 7.11 Å². The third-order valence-electron chi connectivity index (χ3n) is 3.48. The highest BCUT2D eigenvalue weighted by molar-refractivity contribution is 5.97. The number of nitrogens with zero attached hydrogens (tertiary/aromatic N) is 2. The number of carbonyl (C=O) groups is 2. The molecule has 1 aromatic carbocycles. The maximum absolute atomic E-state index is 12.1. The van der Waals surface area contributed by atoms with E-state index in [2.05, 4.69) is 10.1 Å². The number of hydrogen-bond acceptors (Lipinski definition) is 5. The molecule has 0 aromatic heterocycles. The van der Waals surface area contributed by atoms with Gasteiger partial charge in [-0.15, -0.1) is 0 Å². The summed E-state index contributed by atoms with van der Waals surface area (Å²) in [5, 5.41) is 11.5. The lowest BCUT2D eigenvalue weighted by Crippen LogP contribution is -2.37. The zero-order valence-electron chi connectivity index (χ0n) is 11.8. The van der Waals surface area contributed by atoms with Gasteiger partial charge in [-0.2, -0.15) is 5.26 Å². The monoisotopic (exact) mass is 287 g/mol. The number of alkyl carbamates (subject to hydrolysis) is 1. The third-order valence-corrected chi connectivity index (χ3v) is 3.48. The Kier molecular flexibility index (Phi) is 4.90. The second-order valence-electron chi connectivity index (χ2n) is 4.97. The van der Waals surface area contributed by atoms with E-state index in [-0.39, 0.29) is 11.8 Å². The molecule has 0 radical (unpaired) electrons. The smallest absolute Gasteiger partial charge is 0.407 e. The molecule has 6 nitrogen and oxygen atoms in total. The summed E-state index contributed by atoms with van der Waals surface area (Å²) in [6, 6.07) is 8.65. The van der Waals surface area contributed by atoms with Crippen LogP contribution in [0.5, 0.6) is 0 Å². The predicted octanol–water partition coefficient (Wildman–Crippen LogP) is 1.17. The molecule has 0 bridgehead atoms. The number of methoxy groups -OCH3 is 1. The van der Waals surface area contributed by atoms with E-state index in [1.54, 1.807) is 24.3 Å². The van der Waals surface area contributed by atoms with Crippen LogP contribution in [0.15, 0.2) is 24.3 Å². The number of rotatable bonds is 4. The van der Waals surface area contributed by atoms with Gasteiger partial charge in [-0.05, 0) is 18.6 Å². The summed E-state index contributed by atoms with van der Waals surface area (Å²) in [7, 11) is 1.33. The van der Waals surface area contributed by atoms with Gasteiger partial charge in [0.2, 0.25) is 0 Å². The number of nitrogens with one attached hydrogen (secondary N) is 1. The first-order valence-electron chi connectivity index (χ1n) is 6.72. The summed E-state index contributed by atoms with van der Waals surface area (Å²) < 4.78 is 4.56. The Hall–Kier alpha value is -2.39. The molecule has 0 aliphatic carbocycles. The fourth-order valence-electron chi connectivity index (χ4n) is 2.34. The average Bonchev–Trinajstić information content (AvgIpc) is 2.94. The van der Waals surface area contributed by atoms with Crippen molar-refractivity contribution in [3.8, 4) is 6.07 Å². The van der Waals surface area contributed by atoms with E-state index in [4.69, 9.17) is 5.26 Å². The molecular weight excluding hydrogens is 270 g/mol. The van der Waals surface area contributed by atoms with Gasteiger partial charge in [0.1, 0.15) is 0 Å². The van der Waals surface area contributed by atoms with Crippen LogP contribution in [0.1, 0.15) is 22.3 Å². The van der Waals surface area contributed by atoms with Gasteiger partial charge in [-0.3, -0.25) is 9.69 Å². The van der Waals surface area contributed by atoms with Gasteiger partial charge in [-0.1, -0.05) is 12.1 Å². The predicted molar refractivity (Wildman–Crippen MR) is 75.9 cm³/mol. The van der Waals surface area contributed by atoms with Gasteiger partial charge >= 0.3 is 6.09 Å². The number of ether oxygens (including phenoxy) is 1. The standard InChI is InChI=1S/C15H17N3O3/c1-21-15(20)17-13-6-7-18(9-13)10-14(19)12-4-2-11(8-16)3-5-12/h2-5,13H,6-7,9-10H2,1H3,(H,17,20). The summed E-state index contributed by atoms with van der Waals surface area (Å²) in [5.41, 5.74) is 1.13. The van der Waals surface area contributed by atoms with Crippen molar-refractivity contribution in [2.24, 2.45) is 0 Å². The second kappa shape index (κ2) is 6.86. The number of benzene rings is 1. The van der Waals surface area contributed by atoms with E-state index >= 15 is 0 Å². The molecule has 2 rings (SSSR count). The Morgan fingerprint density at radius 3 is 2.76 bits per heavy atom. The molecule has 1 aromatic rings. The first-order valence-corrected chi connectivity index (χ1v) is 6.72. The summed E-state index contributed by atoms with van der Waals surface area (Å²) in [6.45, 7) is 1.71. The number of hydrogen-bond donors (Lipinski definition) is 1. The van der Waals surface area contributed by atoms with Gasteiger partial charge in [-0.25, -0.2) is 4.79 Å². The van der Waals surface area contributed by atoms with Crippen molar-refractivity contribution < 1.29 is 14.3 Å². The number of nitriles is 1. The van der Waals surface area contributed by atoms with Gasteiger partial charge in [0.15, 0.2) is 5.78 Å². The molecule has 1 saturated heterocycles. The zero-order valence-corrected chi connectivity index (χ0v) is 11.8. The minimum Gasteiger partial charge on any atom is -0.453 e. The van der Waals surface area contributed by atoms with Crippen LogP contribution in [-0.4, -0.2) is 49.6 Å². The number of ketones is 1. The minimum absolute atomic E-state index is 0.0122. The van der Waals surface area contributed by atoms with Crippen molar-refractivity contribution in [3.63, 3.8) is 0 Å². The summed E-state index contributed by atoms with van der Waals surface area (Å²) >= 11 is 0. The highest BCUT2D eigenvalue weighted by atomic mass is 16.5. The van der Waals surface area contributed by atoms with E-state index in [1.807, 2.05) is 11.0 Å². The quantitative estimate of drug-likeness (QED) is 0.841. The molecule has 1 aliphatic rings. The van der Waals surface area contributed by atoms with E-state index in [0.717, 1.165) is 13.0 Å². The third kappa shape index (κ3) is 4.04. The minimum atomic E-state index is -0.444. The van der Waals surface area contributed by atoms with E-state index in [9.17, 15) is 9.59 Å². The molecule has 1 heterocycles. The molecule has 1 amide bonds. The van der Waals surface area contributed by atoms with Crippen LogP contribution in [0.3, 0.4) is 0 Å². The average molecular weight is 287 g/mol. The number of carbonyl (C=O) groups excluding carboxylic acids is 2. The first kappa shape index (κ1) is 15.0. The van der Waals surface area contributed by atoms with Crippen molar-refractivity contribution >= 4 is 11.9 Å². The molecule has 1 aliphatic heterocycles. The van der Waals surface area contributed by atoms with E-state index < -0.39 is 6.09 Å². The Labute approximate surface area is 123 Å². The molecule has 0 saturated carbocycles. The van der Waals surface area contributed by atoms with Gasteiger partial charge in [0.25, 0.3) is 0 Å². The Bertz CT molecular complexity index is 563. The van der Waals surface area contributed by atoms with Crippen molar-refractivity contribution in [2.45, 2.75) is 12.5 Å². The fraction of sp³-hybridized carbons (Fsp3) is 0.400. The molecule has 0 spiro atoms. The van der Waals surface area contributed by atoms with Crippen LogP contribution in [0.2, 0.25) is 0 Å². The van der Waals surface area contributed by atoms with Crippen LogP contribution in [0, 0.1) is 11.3 Å². The van der Waals surface area contributed by atoms with Crippen LogP contribution >= 0.6 is 0 Å². The lowest BCUT2D eigenvalue weighted by molar-refractivity contribution is 0.0944. The van der Waals surface area contributed by atoms with Crippen LogP contribution in [-0.2, 0) is 4.74 Å². The Morgan fingerprint density at radius 2 is 2.14 bits per heavy atom. The lowest BCUT2D eigenvalue weighted by atomic mass is 10.1. The Balaban J connectivity index is 1.86. The highest BCUT2D eigenvalue weighted by Gasteiger charge is 2.25. The Morgan fingerprint density at radius 1 is 1.43 bits per heavy atom. The number of amides is 1. The van der Waals surface area contributed by atoms with Crippen molar-refractivity contribution in [2.75, 3.05) is 26.7 Å². The normalized spacial score (nSPS) is 18.0. The topological polar surface area (TPSA) is 82.4 Å². The summed E-state index contributed by atoms with van der Waals surface area (Å²) in [4.78, 5) is 25.3. The zero-order chi connectivity index (χ0) is 15.2. The van der Waals surface area contributed by atoms with Crippen LogP contribution in [0.25, 0.3) is 0 Å². The SMILES string of the molecule is COC(=O)NC1CCN(CC(=O)c2ccc(C#N)cc2)C1. The molecule has 6 heteroatoms. The largest absolute Gasteiger partial charge is 0.453 e. The first-order chi connectivity index (χ1) is 10.1. The highest BCUT2D eigenvalue weighted by Crippen LogP contribution is 2.11. The van der Waals surface area contributed by atoms with E-state index in [0.29, 0.717) is 24.2 Å². The summed E-state index contributed by atoms with van der Waals surface area (Å²) in [5.74, 6) is 0.0122. The molecule has 21 heavy (non-hydrogen) atoms. The van der Waals surface area contributed by atoms with Gasteiger partial charge in [0.05, 0.1) is 25.3 Å². The van der Waals surface area contributed by atoms with Crippen LogP contribution in [0.4, 0.5) is 4.79 Å². The molecule has 110 valence electrons. The number of likely N-dealkylation sites (tertiary alicyclic amines) is 1. The van der Waals surface area contributed by atoms with Crippen LogP contribution < -0.4 is 5.32 Å². The van der Waals surface area contributed by atoms with Crippen molar-refractivity contribution in [1.82, 2.24) is 10.2 Å². The van der Waals surface area contributed by atoms with Gasteiger partial charge < -0.3 is 10.1 Å². The second-order valence-corrected chi connectivity index (χ2v) is 4.97. The lowest BCUT2D eigenvalue weighted by Gasteiger charge is -2.15. The summed E-state index contributed by atoms with van der Waals surface area (Å²) in [6.07, 6.45) is 0.357. The van der Waals surface area contributed by atoms with Crippen molar-refractivity contribution in [1.29, 1.82) is 5.26 Å². The molecule has 1 unspecified atom stereocenters. The number of Topliss-reactive ketones (excluding diaryl/α,β-unsaturated/α-hetero) is 1. The fourth-order valence-corrected chi connectivity index (χ4v) is 2.34. The van der Waals surface area contributed by atoms with Crippen molar-refractivity contribution in [3.05, 3.63) is 35.4 Å². The molecule has 1 N–H and O–H groups in total. The molecule has 1 atom stereocenters. The maximum Gasteiger partial charge on any atom is 0.407 e. The van der Waals surface area contributed by atoms with Gasteiger partial charge in [0, 0.05) is 24.7 Å². The molecule has 1 fully saturated rings. The molecular formula is C15H17N3O3.